The average Bonchev–Trinajstić information content (AvgIpc) is 3.17. The molecule has 0 fully saturated rings. The van der Waals surface area contributed by atoms with Crippen molar-refractivity contribution in [3.63, 3.8) is 0 Å². The number of aromatic nitrogens is 2. The lowest BCUT2D eigenvalue weighted by atomic mass is 9.97. The third-order valence-electron chi connectivity index (χ3n) is 4.58. The fourth-order valence-electron chi connectivity index (χ4n) is 2.90. The lowest BCUT2D eigenvalue weighted by Crippen LogP contribution is -2.23. The van der Waals surface area contributed by atoms with Gasteiger partial charge in [0, 0.05) is 28.6 Å². The van der Waals surface area contributed by atoms with Gasteiger partial charge in [-0.1, -0.05) is 48.3 Å². The van der Waals surface area contributed by atoms with E-state index in [1.54, 1.807) is 18.0 Å². The van der Waals surface area contributed by atoms with Crippen LogP contribution in [0.1, 0.15) is 25.3 Å². The predicted octanol–water partition coefficient (Wildman–Crippen LogP) is 6.90. The van der Waals surface area contributed by atoms with E-state index < -0.39 is 0 Å². The normalized spacial score (nSPS) is 13.5. The molecule has 3 rings (SSSR count). The molecule has 142 valence electrons. The van der Waals surface area contributed by atoms with Gasteiger partial charge in [0.15, 0.2) is 0 Å². The Morgan fingerprint density at radius 2 is 1.78 bits per heavy atom. The number of thioether (sulfide) groups is 1. The largest absolute Gasteiger partial charge is 0.337 e. The molecular weight excluding hydrogens is 402 g/mol. The predicted molar refractivity (Wildman–Crippen MR) is 112 cm³/mol. The summed E-state index contributed by atoms with van der Waals surface area (Å²) in [5, 5.41) is 1.34. The summed E-state index contributed by atoms with van der Waals surface area (Å²) in [4.78, 5) is 5.03. The molecule has 0 spiro atoms. The minimum absolute atomic E-state index is 0.0900. The van der Waals surface area contributed by atoms with Crippen molar-refractivity contribution in [1.82, 2.24) is 9.55 Å². The minimum atomic E-state index is -0.209. The molecule has 1 atom stereocenters. The molecular formula is C21H21Cl2FN2S. The molecule has 0 aliphatic rings. The van der Waals surface area contributed by atoms with Crippen molar-refractivity contribution in [2.75, 3.05) is 0 Å². The van der Waals surface area contributed by atoms with Crippen molar-refractivity contribution < 1.29 is 4.39 Å². The molecule has 0 amide bonds. The molecule has 0 saturated carbocycles. The number of imidazole rings is 1. The van der Waals surface area contributed by atoms with Gasteiger partial charge in [-0.15, -0.1) is 11.8 Å². The highest BCUT2D eigenvalue weighted by Gasteiger charge is 2.27. The molecule has 1 unspecified atom stereocenters. The number of rotatable bonds is 8. The summed E-state index contributed by atoms with van der Waals surface area (Å²) >= 11 is 14.5. The monoisotopic (exact) mass is 422 g/mol. The molecule has 0 aliphatic heterocycles. The second kappa shape index (κ2) is 9.13. The van der Waals surface area contributed by atoms with Crippen molar-refractivity contribution in [3.05, 3.63) is 82.6 Å². The van der Waals surface area contributed by atoms with Crippen molar-refractivity contribution >= 4 is 35.0 Å². The zero-order valence-corrected chi connectivity index (χ0v) is 17.4. The third-order valence-corrected chi connectivity index (χ3v) is 6.98. The minimum Gasteiger partial charge on any atom is -0.337 e. The first-order valence-electron chi connectivity index (χ1n) is 8.78. The number of nitrogens with zero attached hydrogens (tertiary/aromatic N) is 2. The molecule has 0 radical (unpaired) electrons. The van der Waals surface area contributed by atoms with E-state index in [1.165, 1.54) is 12.1 Å². The standard InChI is InChI=1S/C21H21Cl2FN2S/c1-21(11-13-26-14-12-25-15-26,10-9-16-5-7-17(24)8-6-16)27-20-18(22)3-2-4-19(20)23/h2-8,12,14-15H,9-11,13H2,1H3. The fraction of sp³-hybridized carbons (Fsp3) is 0.286. The maximum absolute atomic E-state index is 13.2. The molecule has 2 nitrogen and oxygen atoms in total. The summed E-state index contributed by atoms with van der Waals surface area (Å²) in [7, 11) is 0. The van der Waals surface area contributed by atoms with Crippen LogP contribution in [0.5, 0.6) is 0 Å². The van der Waals surface area contributed by atoms with Crippen molar-refractivity contribution in [3.8, 4) is 0 Å². The van der Waals surface area contributed by atoms with Gasteiger partial charge in [-0.3, -0.25) is 0 Å². The Morgan fingerprint density at radius 1 is 1.07 bits per heavy atom. The number of hydrogen-bond acceptors (Lipinski definition) is 2. The van der Waals surface area contributed by atoms with Gasteiger partial charge in [0.1, 0.15) is 5.82 Å². The number of hydrogen-bond donors (Lipinski definition) is 0. The first kappa shape index (κ1) is 20.2. The Labute approximate surface area is 173 Å². The molecule has 27 heavy (non-hydrogen) atoms. The highest BCUT2D eigenvalue weighted by Crippen LogP contribution is 2.45. The van der Waals surface area contributed by atoms with Crippen LogP contribution in [0.25, 0.3) is 0 Å². The topological polar surface area (TPSA) is 17.8 Å². The summed E-state index contributed by atoms with van der Waals surface area (Å²) in [6, 6.07) is 12.3. The van der Waals surface area contributed by atoms with Gasteiger partial charge >= 0.3 is 0 Å². The number of benzene rings is 2. The van der Waals surface area contributed by atoms with Gasteiger partial charge in [0.2, 0.25) is 0 Å². The molecule has 3 aromatic rings. The molecule has 1 aromatic heterocycles. The summed E-state index contributed by atoms with van der Waals surface area (Å²) in [6.45, 7) is 3.09. The maximum atomic E-state index is 13.2. The fourth-order valence-corrected chi connectivity index (χ4v) is 4.75. The first-order valence-corrected chi connectivity index (χ1v) is 10.4. The molecule has 0 bridgehead atoms. The van der Waals surface area contributed by atoms with Gasteiger partial charge in [-0.25, -0.2) is 9.37 Å². The van der Waals surface area contributed by atoms with E-state index in [9.17, 15) is 4.39 Å². The second-order valence-corrected chi connectivity index (χ2v) is 9.19. The van der Waals surface area contributed by atoms with Crippen LogP contribution in [0.15, 0.2) is 66.1 Å². The van der Waals surface area contributed by atoms with Crippen LogP contribution in [0.4, 0.5) is 4.39 Å². The van der Waals surface area contributed by atoms with Gasteiger partial charge in [-0.05, 0) is 49.1 Å². The lowest BCUT2D eigenvalue weighted by molar-refractivity contribution is 0.492. The lowest BCUT2D eigenvalue weighted by Gasteiger charge is -2.30. The Balaban J connectivity index is 1.77. The van der Waals surface area contributed by atoms with Crippen LogP contribution >= 0.6 is 35.0 Å². The Kier molecular flexibility index (Phi) is 6.85. The maximum Gasteiger partial charge on any atom is 0.123 e. The van der Waals surface area contributed by atoms with Crippen LogP contribution in [-0.4, -0.2) is 14.3 Å². The Bertz CT molecular complexity index is 848. The average molecular weight is 423 g/mol. The van der Waals surface area contributed by atoms with E-state index in [0.717, 1.165) is 36.3 Å². The van der Waals surface area contributed by atoms with E-state index in [2.05, 4.69) is 16.5 Å². The molecule has 1 heterocycles. The van der Waals surface area contributed by atoms with Crippen molar-refractivity contribution in [2.45, 2.75) is 42.4 Å². The summed E-state index contributed by atoms with van der Waals surface area (Å²) in [6.07, 6.45) is 8.28. The SMILES string of the molecule is CC(CCc1ccc(F)cc1)(CCn1ccnc1)Sc1c(Cl)cccc1Cl. The van der Waals surface area contributed by atoms with Crippen LogP contribution < -0.4 is 0 Å². The second-order valence-electron chi connectivity index (χ2n) is 6.78. The molecule has 2 aromatic carbocycles. The van der Waals surface area contributed by atoms with Crippen LogP contribution in [0.2, 0.25) is 10.0 Å². The molecule has 0 aliphatic carbocycles. The molecule has 0 saturated heterocycles. The van der Waals surface area contributed by atoms with E-state index >= 15 is 0 Å². The quantitative estimate of drug-likeness (QED) is 0.367. The highest BCUT2D eigenvalue weighted by molar-refractivity contribution is 8.00. The Morgan fingerprint density at radius 3 is 2.41 bits per heavy atom. The smallest absolute Gasteiger partial charge is 0.123 e. The molecule has 6 heteroatoms. The van der Waals surface area contributed by atoms with E-state index in [4.69, 9.17) is 23.2 Å². The van der Waals surface area contributed by atoms with Crippen LogP contribution in [0, 0.1) is 5.82 Å². The van der Waals surface area contributed by atoms with Crippen molar-refractivity contribution in [1.29, 1.82) is 0 Å². The zero-order valence-electron chi connectivity index (χ0n) is 15.0. The number of halogens is 3. The van der Waals surface area contributed by atoms with Crippen LogP contribution in [0.3, 0.4) is 0 Å². The third kappa shape index (κ3) is 5.74. The number of aryl methyl sites for hydroxylation is 2. The van der Waals surface area contributed by atoms with Crippen LogP contribution in [-0.2, 0) is 13.0 Å². The van der Waals surface area contributed by atoms with Gasteiger partial charge < -0.3 is 4.57 Å². The van der Waals surface area contributed by atoms with Gasteiger partial charge in [-0.2, -0.15) is 0 Å². The zero-order chi connectivity index (χ0) is 19.3. The van der Waals surface area contributed by atoms with Gasteiger partial charge in [0.25, 0.3) is 0 Å². The Hall–Kier alpha value is -1.49. The molecule has 0 N–H and O–H groups in total. The highest BCUT2D eigenvalue weighted by atomic mass is 35.5. The summed E-state index contributed by atoms with van der Waals surface area (Å²) in [5.74, 6) is -0.209. The first-order chi connectivity index (χ1) is 13.0. The van der Waals surface area contributed by atoms with E-state index in [1.807, 2.05) is 42.9 Å². The summed E-state index contributed by atoms with van der Waals surface area (Å²) < 4.78 is 15.2. The van der Waals surface area contributed by atoms with Crippen molar-refractivity contribution in [2.24, 2.45) is 0 Å². The van der Waals surface area contributed by atoms with E-state index in [0.29, 0.717) is 10.0 Å². The summed E-state index contributed by atoms with van der Waals surface area (Å²) in [5.41, 5.74) is 1.12. The van der Waals surface area contributed by atoms with Gasteiger partial charge in [0.05, 0.1) is 16.4 Å². The van der Waals surface area contributed by atoms with E-state index in [-0.39, 0.29) is 10.6 Å².